The molecule has 0 radical (unpaired) electrons. The fourth-order valence-electron chi connectivity index (χ4n) is 4.11. The van der Waals surface area contributed by atoms with Crippen LogP contribution in [0.15, 0.2) is 122 Å². The van der Waals surface area contributed by atoms with Crippen LogP contribution in [0.1, 0.15) is 18.1 Å². The van der Waals surface area contributed by atoms with Crippen LogP contribution in [-0.4, -0.2) is 0 Å². The molecule has 0 saturated carbocycles. The van der Waals surface area contributed by atoms with Crippen molar-refractivity contribution in [2.75, 3.05) is 0 Å². The second-order valence-corrected chi connectivity index (χ2v) is 6.26. The van der Waals surface area contributed by atoms with Crippen molar-refractivity contribution in [1.82, 2.24) is 0 Å². The van der Waals surface area contributed by atoms with E-state index >= 15 is 0 Å². The van der Waals surface area contributed by atoms with Gasteiger partial charge in [-0.3, -0.25) is 0 Å². The number of fused-ring (bicyclic) bond motifs is 3. The van der Waals surface area contributed by atoms with Gasteiger partial charge in [0.25, 0.3) is 0 Å². The van der Waals surface area contributed by atoms with Crippen molar-refractivity contribution in [1.29, 1.82) is 0 Å². The lowest BCUT2D eigenvalue weighted by molar-refractivity contribution is 0.766. The molecular formula is C26H24. The zero-order valence-corrected chi connectivity index (χ0v) is 15.3. The van der Waals surface area contributed by atoms with Gasteiger partial charge in [-0.1, -0.05) is 111 Å². The SMILES string of the molecule is C=C/C=C(\C=C)C1(C(/C=C\C)=C/C=C)c2ccccc2-c2ccccc21. The first-order valence-electron chi connectivity index (χ1n) is 8.86. The summed E-state index contributed by atoms with van der Waals surface area (Å²) in [4.78, 5) is 0. The third-order valence-corrected chi connectivity index (χ3v) is 4.98. The summed E-state index contributed by atoms with van der Waals surface area (Å²) in [7, 11) is 0. The van der Waals surface area contributed by atoms with Crippen LogP contribution in [0.5, 0.6) is 0 Å². The van der Waals surface area contributed by atoms with Crippen molar-refractivity contribution in [3.05, 3.63) is 133 Å². The Balaban J connectivity index is 2.55. The number of rotatable bonds is 6. The maximum atomic E-state index is 4.12. The molecule has 26 heavy (non-hydrogen) atoms. The molecule has 0 atom stereocenters. The van der Waals surface area contributed by atoms with Gasteiger partial charge in [-0.15, -0.1) is 0 Å². The van der Waals surface area contributed by atoms with Crippen LogP contribution in [0.4, 0.5) is 0 Å². The maximum absolute atomic E-state index is 4.12. The van der Waals surface area contributed by atoms with Crippen LogP contribution in [0.25, 0.3) is 11.1 Å². The molecule has 3 rings (SSSR count). The fraction of sp³-hybridized carbons (Fsp3) is 0.0769. The third kappa shape index (κ3) is 2.46. The van der Waals surface area contributed by atoms with E-state index in [-0.39, 0.29) is 0 Å². The van der Waals surface area contributed by atoms with Crippen LogP contribution in [0.3, 0.4) is 0 Å². The van der Waals surface area contributed by atoms with E-state index in [1.54, 1.807) is 0 Å². The summed E-state index contributed by atoms with van der Waals surface area (Å²) in [5.74, 6) is 0. The molecule has 0 amide bonds. The quantitative estimate of drug-likeness (QED) is 0.501. The largest absolute Gasteiger partial charge is 0.0991 e. The van der Waals surface area contributed by atoms with Gasteiger partial charge in [0, 0.05) is 0 Å². The monoisotopic (exact) mass is 336 g/mol. The molecule has 0 aromatic heterocycles. The Morgan fingerprint density at radius 3 is 1.73 bits per heavy atom. The minimum Gasteiger partial charge on any atom is -0.0991 e. The van der Waals surface area contributed by atoms with E-state index < -0.39 is 5.41 Å². The van der Waals surface area contributed by atoms with Crippen molar-refractivity contribution in [2.45, 2.75) is 12.3 Å². The molecule has 0 unspecified atom stereocenters. The first-order chi connectivity index (χ1) is 12.7. The normalized spacial score (nSPS) is 15.4. The summed E-state index contributed by atoms with van der Waals surface area (Å²) in [6.45, 7) is 14.1. The number of benzene rings is 2. The average molecular weight is 336 g/mol. The van der Waals surface area contributed by atoms with Crippen LogP contribution in [0.2, 0.25) is 0 Å². The average Bonchev–Trinajstić information content (AvgIpc) is 2.97. The molecule has 1 aliphatic carbocycles. The van der Waals surface area contributed by atoms with E-state index in [9.17, 15) is 0 Å². The highest BCUT2D eigenvalue weighted by atomic mass is 14.5. The molecule has 0 aliphatic heterocycles. The Kier molecular flexibility index (Phi) is 5.04. The second-order valence-electron chi connectivity index (χ2n) is 6.26. The highest BCUT2D eigenvalue weighted by molar-refractivity contribution is 5.87. The Hall–Kier alpha value is -3.12. The van der Waals surface area contributed by atoms with E-state index in [1.807, 2.05) is 25.2 Å². The van der Waals surface area contributed by atoms with Gasteiger partial charge >= 0.3 is 0 Å². The van der Waals surface area contributed by atoms with Crippen molar-refractivity contribution in [2.24, 2.45) is 0 Å². The van der Waals surface area contributed by atoms with Crippen LogP contribution >= 0.6 is 0 Å². The van der Waals surface area contributed by atoms with Gasteiger partial charge in [0.15, 0.2) is 0 Å². The lowest BCUT2D eigenvalue weighted by Gasteiger charge is -2.35. The number of allylic oxidation sites excluding steroid dienone is 9. The maximum Gasteiger partial charge on any atom is 0.0713 e. The molecule has 0 spiro atoms. The van der Waals surface area contributed by atoms with Crippen LogP contribution in [0, 0.1) is 0 Å². The summed E-state index contributed by atoms with van der Waals surface area (Å²) in [5.41, 5.74) is 6.90. The Labute approximate surface area is 156 Å². The van der Waals surface area contributed by atoms with Gasteiger partial charge in [0.2, 0.25) is 0 Å². The van der Waals surface area contributed by atoms with Crippen molar-refractivity contribution >= 4 is 0 Å². The minimum atomic E-state index is -0.427. The van der Waals surface area contributed by atoms with Crippen molar-refractivity contribution < 1.29 is 0 Å². The summed E-state index contributed by atoms with van der Waals surface area (Å²) in [5, 5.41) is 0. The van der Waals surface area contributed by atoms with Crippen LogP contribution in [-0.2, 0) is 5.41 Å². The summed E-state index contributed by atoms with van der Waals surface area (Å²) >= 11 is 0. The molecule has 2 aromatic rings. The molecule has 0 nitrogen and oxygen atoms in total. The molecular weight excluding hydrogens is 312 g/mol. The highest BCUT2D eigenvalue weighted by Crippen LogP contribution is 2.56. The molecule has 0 heterocycles. The number of hydrogen-bond acceptors (Lipinski definition) is 0. The summed E-state index contributed by atoms with van der Waals surface area (Å²) in [6.07, 6.45) is 14.0. The van der Waals surface area contributed by atoms with Gasteiger partial charge < -0.3 is 0 Å². The lowest BCUT2D eigenvalue weighted by atomic mass is 9.66. The van der Waals surface area contributed by atoms with E-state index in [0.29, 0.717) is 0 Å². The third-order valence-electron chi connectivity index (χ3n) is 4.98. The van der Waals surface area contributed by atoms with E-state index in [0.717, 1.165) is 5.57 Å². The lowest BCUT2D eigenvalue weighted by Crippen LogP contribution is -2.29. The van der Waals surface area contributed by atoms with E-state index in [2.05, 4.69) is 92.6 Å². The van der Waals surface area contributed by atoms with Gasteiger partial charge in [0.05, 0.1) is 5.41 Å². The Bertz CT molecular complexity index is 902. The summed E-state index contributed by atoms with van der Waals surface area (Å²) in [6, 6.07) is 17.3. The molecule has 0 heteroatoms. The zero-order valence-electron chi connectivity index (χ0n) is 15.3. The fourth-order valence-corrected chi connectivity index (χ4v) is 4.11. The zero-order chi connectivity index (χ0) is 18.6. The van der Waals surface area contributed by atoms with E-state index in [4.69, 9.17) is 0 Å². The molecule has 0 fully saturated rings. The summed E-state index contributed by atoms with van der Waals surface area (Å²) < 4.78 is 0. The first-order valence-corrected chi connectivity index (χ1v) is 8.86. The van der Waals surface area contributed by atoms with E-state index in [1.165, 1.54) is 27.8 Å². The van der Waals surface area contributed by atoms with Crippen molar-refractivity contribution in [3.8, 4) is 11.1 Å². The van der Waals surface area contributed by atoms with Gasteiger partial charge in [-0.2, -0.15) is 0 Å². The minimum absolute atomic E-state index is 0.427. The molecule has 0 saturated heterocycles. The van der Waals surface area contributed by atoms with Gasteiger partial charge in [-0.25, -0.2) is 0 Å². The standard InChI is InChI=1S/C26H24/c1-5-13-20(8-4)26(21(14-6-2)15-7-3)24-18-11-9-16-22(24)23-17-10-12-19-25(23)26/h5-19H,1-2,4H2,3H3/b15-7-,20-13+,21-14+. The van der Waals surface area contributed by atoms with Crippen LogP contribution < -0.4 is 0 Å². The molecule has 1 aliphatic rings. The van der Waals surface area contributed by atoms with Crippen molar-refractivity contribution in [3.63, 3.8) is 0 Å². The highest BCUT2D eigenvalue weighted by Gasteiger charge is 2.46. The predicted molar refractivity (Wildman–Crippen MR) is 114 cm³/mol. The Morgan fingerprint density at radius 2 is 1.27 bits per heavy atom. The molecule has 0 N–H and O–H groups in total. The first kappa shape index (κ1) is 17.7. The smallest absolute Gasteiger partial charge is 0.0713 e. The van der Waals surface area contributed by atoms with Gasteiger partial charge in [0.1, 0.15) is 0 Å². The second kappa shape index (κ2) is 7.41. The molecule has 0 bridgehead atoms. The topological polar surface area (TPSA) is 0 Å². The molecule has 2 aromatic carbocycles. The number of hydrogen-bond donors (Lipinski definition) is 0. The predicted octanol–water partition coefficient (Wildman–Crippen LogP) is 6.94. The Morgan fingerprint density at radius 1 is 0.769 bits per heavy atom. The van der Waals surface area contributed by atoms with Gasteiger partial charge in [-0.05, 0) is 40.3 Å². The molecule has 128 valence electrons.